The summed E-state index contributed by atoms with van der Waals surface area (Å²) < 4.78 is 5.01. The number of hydrogen-bond acceptors (Lipinski definition) is 6. The van der Waals surface area contributed by atoms with Gasteiger partial charge in [-0.3, -0.25) is 19.2 Å². The number of nitrogens with zero attached hydrogens (tertiary/aromatic N) is 2. The molecule has 8 nitrogen and oxygen atoms in total. The van der Waals surface area contributed by atoms with Crippen LogP contribution in [0.1, 0.15) is 32.7 Å². The van der Waals surface area contributed by atoms with Gasteiger partial charge in [0.2, 0.25) is 5.91 Å². The monoisotopic (exact) mass is 517 g/mol. The molecule has 3 amide bonds. The normalized spacial score (nSPS) is 19.5. The largest absolute Gasteiger partial charge is 0.472 e. The number of Topliss-reactive ketones (excluding diaryl/α,β-unsaturated/α-hetero) is 1. The predicted octanol–water partition coefficient (Wildman–Crippen LogP) is 3.01. The molecule has 1 aromatic heterocycles. The minimum absolute atomic E-state index is 0.0261. The van der Waals surface area contributed by atoms with Gasteiger partial charge in [-0.05, 0) is 30.2 Å². The van der Waals surface area contributed by atoms with Gasteiger partial charge in [-0.15, -0.1) is 0 Å². The lowest BCUT2D eigenvalue weighted by atomic mass is 10.1. The molecule has 2 aromatic carbocycles. The number of hydrogen-bond donors (Lipinski definition) is 1. The van der Waals surface area contributed by atoms with Crippen LogP contribution in [0.15, 0.2) is 83.7 Å². The van der Waals surface area contributed by atoms with E-state index in [2.05, 4.69) is 5.32 Å². The predicted molar refractivity (Wildman–Crippen MR) is 139 cm³/mol. The second-order valence-corrected chi connectivity index (χ2v) is 10.2. The number of thioether (sulfide) groups is 1. The molecule has 3 heterocycles. The first kappa shape index (κ1) is 24.8. The number of fused-ring (bicyclic) bond motifs is 1. The van der Waals surface area contributed by atoms with Gasteiger partial charge in [0.1, 0.15) is 18.3 Å². The Labute approximate surface area is 219 Å². The molecule has 37 heavy (non-hydrogen) atoms. The van der Waals surface area contributed by atoms with Crippen LogP contribution in [-0.4, -0.2) is 70.3 Å². The standard InChI is InChI=1S/C28H27N3O5S/c32-24-15-31(27(34)20-9-5-2-6-10-20)23-11-13-30(25(23)24)28(35)22(29-26(33)21-12-14-36-16-21)18-37-17-19-7-3-1-4-8-19/h1-10,12,14,16,22-23,25H,11,13,15,17-18H2,(H,29,33)/t22?,23-,25+/m1/s1. The number of ketones is 1. The molecule has 0 radical (unpaired) electrons. The summed E-state index contributed by atoms with van der Waals surface area (Å²) in [6.45, 7) is 0.321. The molecule has 3 aromatic rings. The number of furan rings is 1. The zero-order chi connectivity index (χ0) is 25.8. The summed E-state index contributed by atoms with van der Waals surface area (Å²) in [4.78, 5) is 55.8. The van der Waals surface area contributed by atoms with Gasteiger partial charge in [-0.25, -0.2) is 0 Å². The van der Waals surface area contributed by atoms with E-state index in [1.54, 1.807) is 34.1 Å². The van der Waals surface area contributed by atoms with Gasteiger partial charge in [0, 0.05) is 23.6 Å². The van der Waals surface area contributed by atoms with Crippen molar-refractivity contribution in [3.63, 3.8) is 0 Å². The molecule has 9 heteroatoms. The van der Waals surface area contributed by atoms with Gasteiger partial charge in [0.05, 0.1) is 24.4 Å². The summed E-state index contributed by atoms with van der Waals surface area (Å²) in [5.74, 6) is -0.0761. The van der Waals surface area contributed by atoms with Gasteiger partial charge in [-0.1, -0.05) is 48.5 Å². The fraction of sp³-hybridized carbons (Fsp3) is 0.286. The second kappa shape index (κ2) is 11.0. The highest BCUT2D eigenvalue weighted by Gasteiger charge is 2.52. The molecule has 0 bridgehead atoms. The summed E-state index contributed by atoms with van der Waals surface area (Å²) in [6.07, 6.45) is 3.24. The lowest BCUT2D eigenvalue weighted by molar-refractivity contribution is -0.137. The van der Waals surface area contributed by atoms with Crippen molar-refractivity contribution >= 4 is 35.3 Å². The molecule has 5 rings (SSSR count). The minimum atomic E-state index is -0.832. The Kier molecular flexibility index (Phi) is 7.41. The summed E-state index contributed by atoms with van der Waals surface area (Å²) in [5.41, 5.74) is 1.95. The van der Waals surface area contributed by atoms with Crippen LogP contribution < -0.4 is 5.32 Å². The molecule has 1 N–H and O–H groups in total. The minimum Gasteiger partial charge on any atom is -0.472 e. The Hall–Kier alpha value is -3.85. The average Bonchev–Trinajstić information content (AvgIpc) is 3.68. The average molecular weight is 518 g/mol. The first-order chi connectivity index (χ1) is 18.0. The van der Waals surface area contributed by atoms with Crippen molar-refractivity contribution in [1.29, 1.82) is 0 Å². The Balaban J connectivity index is 1.31. The van der Waals surface area contributed by atoms with E-state index in [1.807, 2.05) is 36.4 Å². The van der Waals surface area contributed by atoms with E-state index >= 15 is 0 Å². The third-order valence-electron chi connectivity index (χ3n) is 6.77. The van der Waals surface area contributed by atoms with Crippen molar-refractivity contribution in [2.75, 3.05) is 18.8 Å². The zero-order valence-electron chi connectivity index (χ0n) is 20.1. The maximum atomic E-state index is 13.7. The van der Waals surface area contributed by atoms with Crippen LogP contribution in [0.25, 0.3) is 0 Å². The van der Waals surface area contributed by atoms with Crippen LogP contribution in [0.2, 0.25) is 0 Å². The SMILES string of the molecule is O=C(NC(CSCc1ccccc1)C(=O)N1CC[C@@H]2[C@H]1C(=O)CN2C(=O)c1ccccc1)c1ccoc1. The molecule has 2 aliphatic heterocycles. The maximum absolute atomic E-state index is 13.7. The Bertz CT molecular complexity index is 1270. The molecule has 0 saturated carbocycles. The zero-order valence-corrected chi connectivity index (χ0v) is 20.9. The van der Waals surface area contributed by atoms with E-state index < -0.39 is 18.0 Å². The van der Waals surface area contributed by atoms with Crippen LogP contribution >= 0.6 is 11.8 Å². The first-order valence-corrected chi connectivity index (χ1v) is 13.3. The van der Waals surface area contributed by atoms with E-state index in [-0.39, 0.29) is 30.2 Å². The van der Waals surface area contributed by atoms with Crippen molar-refractivity contribution in [3.05, 3.63) is 95.9 Å². The van der Waals surface area contributed by atoms with Crippen molar-refractivity contribution in [2.45, 2.75) is 30.3 Å². The second-order valence-electron chi connectivity index (χ2n) is 9.14. The fourth-order valence-electron chi connectivity index (χ4n) is 4.96. The van der Waals surface area contributed by atoms with E-state index in [0.717, 1.165) is 5.56 Å². The third-order valence-corrected chi connectivity index (χ3v) is 7.88. The quantitative estimate of drug-likeness (QED) is 0.493. The molecule has 3 atom stereocenters. The molecule has 2 saturated heterocycles. The van der Waals surface area contributed by atoms with Crippen molar-refractivity contribution in [1.82, 2.24) is 15.1 Å². The van der Waals surface area contributed by atoms with Crippen LogP contribution in [0.5, 0.6) is 0 Å². The van der Waals surface area contributed by atoms with Gasteiger partial charge in [-0.2, -0.15) is 11.8 Å². The van der Waals surface area contributed by atoms with Gasteiger partial charge in [0.25, 0.3) is 11.8 Å². The Morgan fingerprint density at radius 1 is 0.973 bits per heavy atom. The molecule has 2 fully saturated rings. The van der Waals surface area contributed by atoms with E-state index in [4.69, 9.17) is 4.42 Å². The van der Waals surface area contributed by atoms with Crippen LogP contribution in [0, 0.1) is 0 Å². The highest BCUT2D eigenvalue weighted by atomic mass is 32.2. The third kappa shape index (κ3) is 5.32. The molecular formula is C28H27N3O5S. The first-order valence-electron chi connectivity index (χ1n) is 12.2. The van der Waals surface area contributed by atoms with Gasteiger partial charge >= 0.3 is 0 Å². The lowest BCUT2D eigenvalue weighted by Gasteiger charge is -2.28. The number of rotatable bonds is 8. The fourth-order valence-corrected chi connectivity index (χ4v) is 5.97. The van der Waals surface area contributed by atoms with E-state index in [9.17, 15) is 19.2 Å². The smallest absolute Gasteiger partial charge is 0.255 e. The summed E-state index contributed by atoms with van der Waals surface area (Å²) in [7, 11) is 0. The summed E-state index contributed by atoms with van der Waals surface area (Å²) in [6, 6.07) is 18.4. The Morgan fingerprint density at radius 3 is 2.41 bits per heavy atom. The van der Waals surface area contributed by atoms with Gasteiger partial charge < -0.3 is 19.5 Å². The number of nitrogens with one attached hydrogen (secondary N) is 1. The molecule has 0 aliphatic carbocycles. The van der Waals surface area contributed by atoms with Crippen LogP contribution in [0.3, 0.4) is 0 Å². The molecule has 1 unspecified atom stereocenters. The highest BCUT2D eigenvalue weighted by Crippen LogP contribution is 2.31. The lowest BCUT2D eigenvalue weighted by Crippen LogP contribution is -2.53. The van der Waals surface area contributed by atoms with E-state index in [1.165, 1.54) is 30.4 Å². The maximum Gasteiger partial charge on any atom is 0.255 e. The van der Waals surface area contributed by atoms with Crippen LogP contribution in [-0.2, 0) is 15.3 Å². The number of amides is 3. The van der Waals surface area contributed by atoms with Crippen LogP contribution in [0.4, 0.5) is 0 Å². The summed E-state index contributed by atoms with van der Waals surface area (Å²) in [5, 5.41) is 2.83. The number of likely N-dealkylation sites (tertiary alicyclic amines) is 2. The highest BCUT2D eigenvalue weighted by molar-refractivity contribution is 7.98. The molecule has 190 valence electrons. The van der Waals surface area contributed by atoms with E-state index in [0.29, 0.717) is 35.6 Å². The van der Waals surface area contributed by atoms with Gasteiger partial charge in [0.15, 0.2) is 5.78 Å². The molecule has 2 aliphatic rings. The van der Waals surface area contributed by atoms with Crippen molar-refractivity contribution in [2.24, 2.45) is 0 Å². The number of carbonyl (C=O) groups is 4. The molecular weight excluding hydrogens is 490 g/mol. The molecule has 0 spiro atoms. The van der Waals surface area contributed by atoms with Crippen molar-refractivity contribution in [3.8, 4) is 0 Å². The Morgan fingerprint density at radius 2 is 1.70 bits per heavy atom. The summed E-state index contributed by atoms with van der Waals surface area (Å²) >= 11 is 1.53. The topological polar surface area (TPSA) is 99.9 Å². The van der Waals surface area contributed by atoms with Crippen molar-refractivity contribution < 1.29 is 23.6 Å². The number of benzene rings is 2. The number of carbonyl (C=O) groups excluding carboxylic acids is 4.